The molecule has 1 heterocycles. The summed E-state index contributed by atoms with van der Waals surface area (Å²) >= 11 is 0. The van der Waals surface area contributed by atoms with E-state index in [0.717, 1.165) is 0 Å². The fourth-order valence-electron chi connectivity index (χ4n) is 1.26. The number of hydrogen-bond donors (Lipinski definition) is 2. The van der Waals surface area contributed by atoms with Gasteiger partial charge in [-0.1, -0.05) is 18.2 Å². The summed E-state index contributed by atoms with van der Waals surface area (Å²) in [6, 6.07) is 7.19. The van der Waals surface area contributed by atoms with Crippen molar-refractivity contribution in [3.63, 3.8) is 0 Å². The molecule has 5 nitrogen and oxygen atoms in total. The van der Waals surface area contributed by atoms with E-state index in [1.165, 1.54) is 50.4 Å². The van der Waals surface area contributed by atoms with E-state index in [4.69, 9.17) is 0 Å². The van der Waals surface area contributed by atoms with Crippen molar-refractivity contribution in [2.75, 3.05) is 26.2 Å². The molecule has 0 unspecified atom stereocenters. The van der Waals surface area contributed by atoms with E-state index in [2.05, 4.69) is 10.6 Å². The number of quaternary nitrogens is 1. The minimum absolute atomic E-state index is 0.185. The maximum atomic E-state index is 10.3. The first-order valence-electron chi connectivity index (χ1n) is 5.14. The molecular weight excluding hydrogens is 228 g/mol. The minimum Gasteiger partial charge on any atom is -0.744 e. The number of rotatable bonds is 1. The third kappa shape index (κ3) is 5.22. The molecule has 0 radical (unpaired) electrons. The van der Waals surface area contributed by atoms with Crippen LogP contribution in [0.2, 0.25) is 0 Å². The maximum absolute atomic E-state index is 10.3. The van der Waals surface area contributed by atoms with E-state index in [-0.39, 0.29) is 4.90 Å². The van der Waals surface area contributed by atoms with E-state index < -0.39 is 10.1 Å². The lowest BCUT2D eigenvalue weighted by Crippen LogP contribution is -2.89. The lowest BCUT2D eigenvalue weighted by molar-refractivity contribution is -0.657. The summed E-state index contributed by atoms with van der Waals surface area (Å²) in [7, 11) is -4.25. The Kier molecular flexibility index (Phi) is 5.41. The van der Waals surface area contributed by atoms with Gasteiger partial charge in [0.05, 0.1) is 18.0 Å². The summed E-state index contributed by atoms with van der Waals surface area (Å²) < 4.78 is 30.8. The molecule has 0 amide bonds. The highest BCUT2D eigenvalue weighted by Gasteiger charge is 1.96. The first kappa shape index (κ1) is 13.1. The predicted octanol–water partition coefficient (Wildman–Crippen LogP) is -1.26. The molecule has 1 fully saturated rings. The van der Waals surface area contributed by atoms with Gasteiger partial charge >= 0.3 is 0 Å². The summed E-state index contributed by atoms with van der Waals surface area (Å²) in [4.78, 5) is -0.185. The quantitative estimate of drug-likeness (QED) is 0.604. The van der Waals surface area contributed by atoms with E-state index in [0.29, 0.717) is 0 Å². The van der Waals surface area contributed by atoms with E-state index in [9.17, 15) is 13.0 Å². The first-order valence-corrected chi connectivity index (χ1v) is 6.55. The van der Waals surface area contributed by atoms with Crippen LogP contribution in [0.5, 0.6) is 0 Å². The predicted molar refractivity (Wildman–Crippen MR) is 58.9 cm³/mol. The second-order valence-electron chi connectivity index (χ2n) is 3.38. The van der Waals surface area contributed by atoms with E-state index >= 15 is 0 Å². The van der Waals surface area contributed by atoms with Crippen LogP contribution < -0.4 is 10.6 Å². The van der Waals surface area contributed by atoms with Gasteiger partial charge in [-0.15, -0.1) is 0 Å². The fourth-order valence-corrected chi connectivity index (χ4v) is 1.76. The van der Waals surface area contributed by atoms with Crippen LogP contribution in [0.4, 0.5) is 0 Å². The maximum Gasteiger partial charge on any atom is 0.124 e. The van der Waals surface area contributed by atoms with Crippen molar-refractivity contribution in [3.8, 4) is 0 Å². The van der Waals surface area contributed by atoms with Crippen LogP contribution in [0.15, 0.2) is 35.2 Å². The molecule has 0 aromatic heterocycles. The van der Waals surface area contributed by atoms with Crippen molar-refractivity contribution in [1.82, 2.24) is 5.32 Å². The van der Waals surface area contributed by atoms with Crippen molar-refractivity contribution < 1.29 is 18.3 Å². The molecular formula is C10H16N2O3S. The lowest BCUT2D eigenvalue weighted by Gasteiger charge is -2.07. The number of nitrogens with two attached hydrogens (primary N) is 1. The monoisotopic (exact) mass is 244 g/mol. The van der Waals surface area contributed by atoms with Crippen LogP contribution in [-0.4, -0.2) is 39.1 Å². The normalized spacial score (nSPS) is 16.1. The summed E-state index contributed by atoms with van der Waals surface area (Å²) in [5.41, 5.74) is 0. The van der Waals surface area contributed by atoms with Gasteiger partial charge in [0, 0.05) is 13.1 Å². The lowest BCUT2D eigenvalue weighted by atomic mass is 10.4. The Balaban J connectivity index is 0.000000181. The van der Waals surface area contributed by atoms with Gasteiger partial charge in [0.2, 0.25) is 0 Å². The van der Waals surface area contributed by atoms with Gasteiger partial charge in [0.15, 0.2) is 0 Å². The fraction of sp³-hybridized carbons (Fsp3) is 0.400. The Labute approximate surface area is 95.6 Å². The number of piperazine rings is 1. The summed E-state index contributed by atoms with van der Waals surface area (Å²) in [5.74, 6) is 0. The third-order valence-electron chi connectivity index (χ3n) is 2.08. The average molecular weight is 244 g/mol. The van der Waals surface area contributed by atoms with Gasteiger partial charge in [-0.2, -0.15) is 0 Å². The van der Waals surface area contributed by atoms with Gasteiger partial charge in [0.1, 0.15) is 10.1 Å². The molecule has 2 rings (SSSR count). The minimum atomic E-state index is -4.25. The second-order valence-corrected chi connectivity index (χ2v) is 4.76. The Morgan fingerprint density at radius 2 is 1.69 bits per heavy atom. The zero-order chi connectivity index (χ0) is 11.9. The molecule has 90 valence electrons. The standard InChI is InChI=1S/C6H6O3S.C4H10N2/c7-10(8,9)6-4-2-1-3-5-6;1-2-6-4-3-5-1/h1-5H,(H,7,8,9);5-6H,1-4H2. The molecule has 6 heteroatoms. The number of nitrogens with one attached hydrogen (secondary N) is 1. The molecule has 0 saturated carbocycles. The zero-order valence-corrected chi connectivity index (χ0v) is 9.74. The van der Waals surface area contributed by atoms with Gasteiger partial charge in [-0.3, -0.25) is 0 Å². The molecule has 1 aromatic rings. The van der Waals surface area contributed by atoms with Crippen LogP contribution in [0.25, 0.3) is 0 Å². The molecule has 0 atom stereocenters. The molecule has 3 N–H and O–H groups in total. The molecule has 0 aliphatic carbocycles. The van der Waals surface area contributed by atoms with Crippen molar-refractivity contribution in [1.29, 1.82) is 0 Å². The van der Waals surface area contributed by atoms with Crippen LogP contribution in [0, 0.1) is 0 Å². The molecule has 0 bridgehead atoms. The van der Waals surface area contributed by atoms with E-state index in [1.807, 2.05) is 0 Å². The average Bonchev–Trinajstić information content (AvgIpc) is 2.32. The molecule has 1 saturated heterocycles. The Hall–Kier alpha value is -0.950. The Morgan fingerprint density at radius 1 is 1.12 bits per heavy atom. The second kappa shape index (κ2) is 6.59. The smallest absolute Gasteiger partial charge is 0.124 e. The Bertz CT molecular complexity index is 376. The van der Waals surface area contributed by atoms with Crippen molar-refractivity contribution >= 4 is 10.1 Å². The molecule has 1 aromatic carbocycles. The highest BCUT2D eigenvalue weighted by Crippen LogP contribution is 2.04. The van der Waals surface area contributed by atoms with Crippen LogP contribution in [-0.2, 0) is 10.1 Å². The van der Waals surface area contributed by atoms with Gasteiger partial charge in [0.25, 0.3) is 0 Å². The SMILES string of the molecule is C1C[NH2+]CCN1.O=S(=O)([O-])c1ccccc1. The van der Waals surface area contributed by atoms with Gasteiger partial charge < -0.3 is 15.2 Å². The number of benzene rings is 1. The van der Waals surface area contributed by atoms with Crippen LogP contribution in [0.3, 0.4) is 0 Å². The van der Waals surface area contributed by atoms with Crippen molar-refractivity contribution in [3.05, 3.63) is 30.3 Å². The highest BCUT2D eigenvalue weighted by atomic mass is 32.2. The molecule has 1 aliphatic rings. The largest absolute Gasteiger partial charge is 0.744 e. The topological polar surface area (TPSA) is 85.8 Å². The van der Waals surface area contributed by atoms with Crippen LogP contribution in [0.1, 0.15) is 0 Å². The Morgan fingerprint density at radius 3 is 1.94 bits per heavy atom. The summed E-state index contributed by atoms with van der Waals surface area (Å²) in [6.45, 7) is 4.92. The molecule has 16 heavy (non-hydrogen) atoms. The van der Waals surface area contributed by atoms with Gasteiger partial charge in [-0.25, -0.2) is 8.42 Å². The van der Waals surface area contributed by atoms with Crippen LogP contribution >= 0.6 is 0 Å². The molecule has 0 spiro atoms. The third-order valence-corrected chi connectivity index (χ3v) is 2.93. The van der Waals surface area contributed by atoms with E-state index in [1.54, 1.807) is 6.07 Å². The number of hydrogen-bond acceptors (Lipinski definition) is 4. The summed E-state index contributed by atoms with van der Waals surface area (Å²) in [5, 5.41) is 5.58. The van der Waals surface area contributed by atoms with Crippen molar-refractivity contribution in [2.24, 2.45) is 0 Å². The molecule has 1 aliphatic heterocycles. The highest BCUT2D eigenvalue weighted by molar-refractivity contribution is 7.85. The summed E-state index contributed by atoms with van der Waals surface area (Å²) in [6.07, 6.45) is 0. The zero-order valence-electron chi connectivity index (χ0n) is 8.93. The first-order chi connectivity index (χ1) is 7.61. The van der Waals surface area contributed by atoms with Gasteiger partial charge in [-0.05, 0) is 12.1 Å². The van der Waals surface area contributed by atoms with Crippen molar-refractivity contribution in [2.45, 2.75) is 4.90 Å².